The zero-order chi connectivity index (χ0) is 25.4. The lowest BCUT2D eigenvalue weighted by molar-refractivity contribution is -0.165. The summed E-state index contributed by atoms with van der Waals surface area (Å²) in [5.74, 6) is -3.15. The first kappa shape index (κ1) is 27.1. The molecule has 0 radical (unpaired) electrons. The molecule has 0 aliphatic heterocycles. The van der Waals surface area contributed by atoms with Gasteiger partial charge >= 0.3 is 11.9 Å². The monoisotopic (exact) mass is 480 g/mol. The highest BCUT2D eigenvalue weighted by atomic mass is 28.4. The van der Waals surface area contributed by atoms with Crippen LogP contribution in [0.2, 0.25) is 18.1 Å². The van der Waals surface area contributed by atoms with E-state index in [-0.39, 0.29) is 18.3 Å². The fourth-order valence-electron chi connectivity index (χ4n) is 3.03. The second-order valence-corrected chi connectivity index (χ2v) is 14.5. The zero-order valence-electron chi connectivity index (χ0n) is 20.9. The minimum atomic E-state index is -2.26. The van der Waals surface area contributed by atoms with Crippen molar-refractivity contribution in [1.29, 1.82) is 0 Å². The molecule has 6 heteroatoms. The number of carbonyl (C=O) groups is 2. The number of allylic oxidation sites excluding steroid dienone is 1. The summed E-state index contributed by atoms with van der Waals surface area (Å²) in [6, 6.07) is 18.6. The van der Waals surface area contributed by atoms with Gasteiger partial charge in [-0.1, -0.05) is 94.1 Å². The van der Waals surface area contributed by atoms with E-state index >= 15 is 0 Å². The molecule has 0 aromatic heterocycles. The van der Waals surface area contributed by atoms with Gasteiger partial charge in [0.2, 0.25) is 8.32 Å². The minimum Gasteiger partial charge on any atom is -0.546 e. The van der Waals surface area contributed by atoms with Crippen molar-refractivity contribution in [3.8, 4) is 0 Å². The largest absolute Gasteiger partial charge is 0.546 e. The van der Waals surface area contributed by atoms with E-state index in [0.29, 0.717) is 5.76 Å². The Morgan fingerprint density at radius 1 is 0.882 bits per heavy atom. The Kier molecular flexibility index (Phi) is 9.44. The van der Waals surface area contributed by atoms with Gasteiger partial charge in [0, 0.05) is 0 Å². The highest BCUT2D eigenvalue weighted by molar-refractivity contribution is 6.74. The third kappa shape index (κ3) is 7.45. The molecule has 0 saturated heterocycles. The molecular weight excluding hydrogens is 444 g/mol. The van der Waals surface area contributed by atoms with Crippen molar-refractivity contribution >= 4 is 20.3 Å². The van der Waals surface area contributed by atoms with Crippen molar-refractivity contribution < 1.29 is 23.5 Å². The first-order chi connectivity index (χ1) is 16.0. The molecule has 2 rings (SSSR count). The van der Waals surface area contributed by atoms with E-state index in [9.17, 15) is 9.59 Å². The Balaban J connectivity index is 2.25. The van der Waals surface area contributed by atoms with Crippen LogP contribution in [-0.2, 0) is 36.7 Å². The summed E-state index contributed by atoms with van der Waals surface area (Å²) in [4.78, 5) is 26.4. The Hall–Kier alpha value is -3.12. The normalized spacial score (nSPS) is 12.5. The summed E-state index contributed by atoms with van der Waals surface area (Å²) in [7, 11) is -2.26. The Morgan fingerprint density at radius 3 is 1.65 bits per heavy atom. The molecule has 0 spiro atoms. The fraction of sp³-hybridized carbons (Fsp3) is 0.357. The molecule has 0 bridgehead atoms. The number of rotatable bonds is 11. The van der Waals surface area contributed by atoms with Gasteiger partial charge in [0.1, 0.15) is 13.2 Å². The number of carbonyl (C=O) groups excluding carboxylic acids is 2. The Morgan fingerprint density at radius 2 is 1.29 bits per heavy atom. The van der Waals surface area contributed by atoms with Crippen LogP contribution in [0.15, 0.2) is 85.7 Å². The van der Waals surface area contributed by atoms with Gasteiger partial charge in [-0.2, -0.15) is 0 Å². The van der Waals surface area contributed by atoms with E-state index in [4.69, 9.17) is 13.9 Å². The number of esters is 2. The van der Waals surface area contributed by atoms with Gasteiger partial charge in [0.05, 0.1) is 11.7 Å². The lowest BCUT2D eigenvalue weighted by Gasteiger charge is -2.39. The summed E-state index contributed by atoms with van der Waals surface area (Å²) in [6.07, 6.45) is 1.51. The summed E-state index contributed by atoms with van der Waals surface area (Å²) >= 11 is 0. The van der Waals surface area contributed by atoms with Crippen LogP contribution in [0.1, 0.15) is 31.9 Å². The molecule has 0 heterocycles. The van der Waals surface area contributed by atoms with Crippen molar-refractivity contribution in [3.05, 3.63) is 96.8 Å². The zero-order valence-corrected chi connectivity index (χ0v) is 21.9. The van der Waals surface area contributed by atoms with E-state index in [1.54, 1.807) is 0 Å². The van der Waals surface area contributed by atoms with Crippen LogP contribution in [0.5, 0.6) is 0 Å². The lowest BCUT2D eigenvalue weighted by Crippen LogP contribution is -2.43. The van der Waals surface area contributed by atoms with Crippen LogP contribution in [0.4, 0.5) is 0 Å². The molecule has 5 nitrogen and oxygen atoms in total. The van der Waals surface area contributed by atoms with Crippen LogP contribution in [-0.4, -0.2) is 20.3 Å². The van der Waals surface area contributed by atoms with Gasteiger partial charge in [0.15, 0.2) is 5.92 Å². The van der Waals surface area contributed by atoms with Crippen LogP contribution >= 0.6 is 0 Å². The van der Waals surface area contributed by atoms with Gasteiger partial charge in [-0.25, -0.2) is 0 Å². The van der Waals surface area contributed by atoms with Gasteiger partial charge in [-0.3, -0.25) is 9.59 Å². The second-order valence-electron chi connectivity index (χ2n) is 9.75. The van der Waals surface area contributed by atoms with Crippen molar-refractivity contribution in [1.82, 2.24) is 0 Å². The van der Waals surface area contributed by atoms with Crippen LogP contribution in [0.3, 0.4) is 0 Å². The van der Waals surface area contributed by atoms with Crippen LogP contribution in [0.25, 0.3) is 0 Å². The molecule has 1 atom stereocenters. The number of hydrogen-bond acceptors (Lipinski definition) is 5. The van der Waals surface area contributed by atoms with Gasteiger partial charge in [0.25, 0.3) is 0 Å². The Labute approximate surface area is 204 Å². The first-order valence-corrected chi connectivity index (χ1v) is 14.3. The lowest BCUT2D eigenvalue weighted by atomic mass is 9.91. The number of benzene rings is 2. The Bertz CT molecular complexity index is 921. The van der Waals surface area contributed by atoms with Gasteiger partial charge in [-0.05, 0) is 29.3 Å². The smallest absolute Gasteiger partial charge is 0.321 e. The molecule has 34 heavy (non-hydrogen) atoms. The summed E-state index contributed by atoms with van der Waals surface area (Å²) in [5.41, 5.74) is 1.64. The molecule has 0 amide bonds. The molecule has 0 saturated carbocycles. The first-order valence-electron chi connectivity index (χ1n) is 11.4. The third-order valence-electron chi connectivity index (χ3n) is 6.13. The van der Waals surface area contributed by atoms with Crippen molar-refractivity contribution in [2.45, 2.75) is 52.1 Å². The summed E-state index contributed by atoms with van der Waals surface area (Å²) in [5, 5.41) is -0.0845. The van der Waals surface area contributed by atoms with E-state index in [0.717, 1.165) is 11.1 Å². The van der Waals surface area contributed by atoms with E-state index in [2.05, 4.69) is 47.0 Å². The van der Waals surface area contributed by atoms with E-state index in [1.165, 1.54) is 6.08 Å². The predicted molar refractivity (Wildman–Crippen MR) is 137 cm³/mol. The fourth-order valence-corrected chi connectivity index (χ4v) is 4.13. The quantitative estimate of drug-likeness (QED) is 0.122. The van der Waals surface area contributed by atoms with Crippen molar-refractivity contribution in [3.63, 3.8) is 0 Å². The maximum Gasteiger partial charge on any atom is 0.321 e. The second kappa shape index (κ2) is 11.8. The average Bonchev–Trinajstić information content (AvgIpc) is 2.79. The SMILES string of the molecule is C=C[C@H](C(=C)O[Si](C)(C)C(C)(C)C)C(C(=O)OCc1ccccc1)C(=O)OCc1ccccc1. The summed E-state index contributed by atoms with van der Waals surface area (Å²) < 4.78 is 17.4. The van der Waals surface area contributed by atoms with Gasteiger partial charge in [-0.15, -0.1) is 6.58 Å². The van der Waals surface area contributed by atoms with E-state index in [1.807, 2.05) is 60.7 Å². The molecule has 0 aliphatic rings. The standard InChI is InChI=1S/C28H36O5Si/c1-8-24(21(2)33-34(6,7)28(3,4)5)25(26(29)31-19-22-15-11-9-12-16-22)27(30)32-20-23-17-13-10-14-18-23/h8-18,24-25H,1-2,19-20H2,3-7H3/t24-/m1/s1. The molecule has 2 aromatic rings. The summed E-state index contributed by atoms with van der Waals surface area (Å²) in [6.45, 7) is 18.5. The molecule has 182 valence electrons. The average molecular weight is 481 g/mol. The maximum atomic E-state index is 13.2. The number of ether oxygens (including phenoxy) is 2. The van der Waals surface area contributed by atoms with Crippen LogP contribution in [0, 0.1) is 11.8 Å². The van der Waals surface area contributed by atoms with Crippen LogP contribution < -0.4 is 0 Å². The molecule has 0 fully saturated rings. The number of hydrogen-bond donors (Lipinski definition) is 0. The molecule has 0 N–H and O–H groups in total. The maximum absolute atomic E-state index is 13.2. The molecular formula is C28H36O5Si. The van der Waals surface area contributed by atoms with Crippen molar-refractivity contribution in [2.75, 3.05) is 0 Å². The third-order valence-corrected chi connectivity index (χ3v) is 10.5. The minimum absolute atomic E-state index is 0.0432. The molecule has 2 aromatic carbocycles. The predicted octanol–water partition coefficient (Wildman–Crippen LogP) is 6.43. The highest BCUT2D eigenvalue weighted by Crippen LogP contribution is 2.39. The van der Waals surface area contributed by atoms with E-state index < -0.39 is 32.1 Å². The molecule has 0 aliphatic carbocycles. The highest BCUT2D eigenvalue weighted by Gasteiger charge is 2.43. The molecule has 0 unspecified atom stereocenters. The topological polar surface area (TPSA) is 61.8 Å². The van der Waals surface area contributed by atoms with Crippen molar-refractivity contribution in [2.24, 2.45) is 11.8 Å². The van der Waals surface area contributed by atoms with Gasteiger partial charge < -0.3 is 13.9 Å².